The minimum absolute atomic E-state index is 0.0255. The topological polar surface area (TPSA) is 49.3 Å². The molecule has 1 rings (SSSR count). The molecule has 0 aliphatic carbocycles. The lowest BCUT2D eigenvalue weighted by Gasteiger charge is -2.07. The first-order chi connectivity index (χ1) is 7.06. The molecule has 0 atom stereocenters. The van der Waals surface area contributed by atoms with Crippen LogP contribution in [0.1, 0.15) is 10.4 Å². The van der Waals surface area contributed by atoms with E-state index in [2.05, 4.69) is 34.5 Å². The van der Waals surface area contributed by atoms with Gasteiger partial charge in [-0.3, -0.25) is 4.79 Å². The van der Waals surface area contributed by atoms with Crippen molar-refractivity contribution in [3.8, 4) is 5.75 Å². The second-order valence-corrected chi connectivity index (χ2v) is 5.19. The monoisotopic (exact) mass is 429 g/mol. The molecule has 0 bridgehead atoms. The van der Waals surface area contributed by atoms with Gasteiger partial charge in [-0.25, -0.2) is 0 Å². The van der Waals surface area contributed by atoms with Crippen molar-refractivity contribution in [3.05, 3.63) is 37.5 Å². The van der Waals surface area contributed by atoms with Gasteiger partial charge in [-0.15, -0.1) is 6.58 Å². The van der Waals surface area contributed by atoms with Crippen LogP contribution in [0.25, 0.3) is 0 Å². The molecule has 0 aromatic heterocycles. The van der Waals surface area contributed by atoms with Gasteiger partial charge in [0.05, 0.1) is 9.13 Å². The van der Waals surface area contributed by atoms with Gasteiger partial charge >= 0.3 is 0 Å². The van der Waals surface area contributed by atoms with Crippen LogP contribution in [-0.2, 0) is 0 Å². The van der Waals surface area contributed by atoms with Crippen LogP contribution in [-0.4, -0.2) is 17.6 Å². The fourth-order valence-corrected chi connectivity index (χ4v) is 2.84. The van der Waals surface area contributed by atoms with Gasteiger partial charge in [0.25, 0.3) is 5.91 Å². The third-order valence-corrected chi connectivity index (χ3v) is 3.12. The summed E-state index contributed by atoms with van der Waals surface area (Å²) in [6.07, 6.45) is 1.59. The van der Waals surface area contributed by atoms with Crippen molar-refractivity contribution in [2.45, 2.75) is 0 Å². The van der Waals surface area contributed by atoms with Crippen molar-refractivity contribution in [1.29, 1.82) is 0 Å². The zero-order valence-corrected chi connectivity index (χ0v) is 12.1. The van der Waals surface area contributed by atoms with Crippen LogP contribution in [0.4, 0.5) is 0 Å². The van der Waals surface area contributed by atoms with E-state index in [4.69, 9.17) is 0 Å². The highest BCUT2D eigenvalue weighted by molar-refractivity contribution is 14.1. The second-order valence-electron chi connectivity index (χ2n) is 2.78. The van der Waals surface area contributed by atoms with E-state index in [9.17, 15) is 9.90 Å². The van der Waals surface area contributed by atoms with E-state index in [0.29, 0.717) is 15.7 Å². The summed E-state index contributed by atoms with van der Waals surface area (Å²) in [5.41, 5.74) is 0.299. The number of hydrogen-bond donors (Lipinski definition) is 2. The number of rotatable bonds is 3. The van der Waals surface area contributed by atoms with E-state index in [-0.39, 0.29) is 11.7 Å². The molecule has 15 heavy (non-hydrogen) atoms. The third kappa shape index (κ3) is 3.33. The first-order valence-corrected chi connectivity index (χ1v) is 6.29. The number of amides is 1. The Hall–Kier alpha value is -0.310. The van der Waals surface area contributed by atoms with Gasteiger partial charge in [0.1, 0.15) is 5.75 Å². The number of phenols is 1. The Kier molecular flexibility index (Phi) is 4.84. The molecule has 0 heterocycles. The maximum atomic E-state index is 11.6. The van der Waals surface area contributed by atoms with Crippen LogP contribution in [0.2, 0.25) is 0 Å². The summed E-state index contributed by atoms with van der Waals surface area (Å²) in [7, 11) is 0. The Bertz CT molecular complexity index is 405. The first kappa shape index (κ1) is 12.8. The zero-order chi connectivity index (χ0) is 11.4. The molecule has 0 fully saturated rings. The van der Waals surface area contributed by atoms with E-state index in [1.54, 1.807) is 18.2 Å². The minimum atomic E-state index is -0.288. The molecule has 1 aromatic rings. The van der Waals surface area contributed by atoms with Gasteiger partial charge in [-0.05, 0) is 57.3 Å². The lowest BCUT2D eigenvalue weighted by Crippen LogP contribution is -2.23. The Labute approximate surface area is 115 Å². The highest BCUT2D eigenvalue weighted by Crippen LogP contribution is 2.26. The quantitative estimate of drug-likeness (QED) is 0.574. The first-order valence-electron chi connectivity index (χ1n) is 4.13. The summed E-state index contributed by atoms with van der Waals surface area (Å²) >= 11 is 4.09. The highest BCUT2D eigenvalue weighted by Gasteiger charge is 2.13. The Morgan fingerprint density at radius 3 is 2.80 bits per heavy atom. The maximum absolute atomic E-state index is 11.6. The number of aromatic hydroxyl groups is 1. The van der Waals surface area contributed by atoms with Gasteiger partial charge in [-0.2, -0.15) is 0 Å². The second kappa shape index (κ2) is 5.69. The van der Waals surface area contributed by atoms with Crippen LogP contribution in [0, 0.1) is 7.14 Å². The van der Waals surface area contributed by atoms with Crippen molar-refractivity contribution in [3.63, 3.8) is 0 Å². The molecular weight excluding hydrogens is 420 g/mol. The molecule has 3 nitrogen and oxygen atoms in total. The van der Waals surface area contributed by atoms with Gasteiger partial charge in [0, 0.05) is 10.1 Å². The fourth-order valence-electron chi connectivity index (χ4n) is 0.999. The lowest BCUT2D eigenvalue weighted by molar-refractivity contribution is 0.0955. The van der Waals surface area contributed by atoms with Crippen LogP contribution >= 0.6 is 45.2 Å². The molecule has 0 aliphatic heterocycles. The normalized spacial score (nSPS) is 9.73. The van der Waals surface area contributed by atoms with E-state index < -0.39 is 0 Å². The predicted molar refractivity (Wildman–Crippen MR) is 76.1 cm³/mol. The number of phenolic OH excluding ortho intramolecular Hbond substituents is 1. The highest BCUT2D eigenvalue weighted by atomic mass is 127. The average molecular weight is 429 g/mol. The van der Waals surface area contributed by atoms with Crippen LogP contribution in [0.3, 0.4) is 0 Å². The SMILES string of the molecule is C=CCNC(=O)c1cc(I)cc(I)c1O. The number of benzene rings is 1. The number of halogens is 2. The van der Waals surface area contributed by atoms with Crippen molar-refractivity contribution in [2.24, 2.45) is 0 Å². The van der Waals surface area contributed by atoms with E-state index in [1.807, 2.05) is 22.6 Å². The zero-order valence-electron chi connectivity index (χ0n) is 7.76. The van der Waals surface area contributed by atoms with Crippen molar-refractivity contribution < 1.29 is 9.90 Å². The Morgan fingerprint density at radius 1 is 1.53 bits per heavy atom. The molecule has 0 saturated heterocycles. The number of carbonyl (C=O) groups is 1. The molecule has 5 heteroatoms. The van der Waals surface area contributed by atoms with E-state index in [0.717, 1.165) is 3.57 Å². The standard InChI is InChI=1S/C10H9I2NO2/c1-2-3-13-10(15)7-4-6(11)5-8(12)9(7)14/h2,4-5,14H,1,3H2,(H,13,15). The number of nitrogens with one attached hydrogen (secondary N) is 1. The summed E-state index contributed by atoms with van der Waals surface area (Å²) in [6, 6.07) is 3.46. The minimum Gasteiger partial charge on any atom is -0.506 e. The van der Waals surface area contributed by atoms with Crippen molar-refractivity contribution in [2.75, 3.05) is 6.54 Å². The average Bonchev–Trinajstić information content (AvgIpc) is 2.19. The third-order valence-electron chi connectivity index (χ3n) is 1.68. The number of carbonyl (C=O) groups excluding carboxylic acids is 1. The smallest absolute Gasteiger partial charge is 0.255 e. The number of hydrogen-bond acceptors (Lipinski definition) is 2. The van der Waals surface area contributed by atoms with Crippen LogP contribution in [0.15, 0.2) is 24.8 Å². The van der Waals surface area contributed by atoms with Crippen molar-refractivity contribution in [1.82, 2.24) is 5.32 Å². The van der Waals surface area contributed by atoms with Crippen LogP contribution < -0.4 is 5.32 Å². The molecule has 0 spiro atoms. The molecule has 0 radical (unpaired) electrons. The molecule has 0 saturated carbocycles. The summed E-state index contributed by atoms with van der Waals surface area (Å²) in [5.74, 6) is -0.263. The molecule has 1 amide bonds. The molecule has 80 valence electrons. The molecule has 0 aliphatic rings. The van der Waals surface area contributed by atoms with Crippen LogP contribution in [0.5, 0.6) is 5.75 Å². The predicted octanol–water partition coefficient (Wildman–Crippen LogP) is 2.52. The largest absolute Gasteiger partial charge is 0.506 e. The Balaban J connectivity index is 3.02. The van der Waals surface area contributed by atoms with Gasteiger partial charge < -0.3 is 10.4 Å². The summed E-state index contributed by atoms with van der Waals surface area (Å²) in [4.78, 5) is 11.6. The summed E-state index contributed by atoms with van der Waals surface area (Å²) < 4.78 is 1.59. The van der Waals surface area contributed by atoms with Gasteiger partial charge in [-0.1, -0.05) is 6.08 Å². The van der Waals surface area contributed by atoms with E-state index >= 15 is 0 Å². The Morgan fingerprint density at radius 2 is 2.20 bits per heavy atom. The fraction of sp³-hybridized carbons (Fsp3) is 0.100. The molecular formula is C10H9I2NO2. The van der Waals surface area contributed by atoms with Gasteiger partial charge in [0.15, 0.2) is 0 Å². The molecule has 2 N–H and O–H groups in total. The van der Waals surface area contributed by atoms with Gasteiger partial charge in [0.2, 0.25) is 0 Å². The maximum Gasteiger partial charge on any atom is 0.255 e. The van der Waals surface area contributed by atoms with E-state index in [1.165, 1.54) is 0 Å². The molecule has 1 aromatic carbocycles. The van der Waals surface area contributed by atoms with Crippen molar-refractivity contribution >= 4 is 51.1 Å². The summed E-state index contributed by atoms with van der Waals surface area (Å²) in [6.45, 7) is 3.89. The molecule has 0 unspecified atom stereocenters. The lowest BCUT2D eigenvalue weighted by atomic mass is 10.2. The summed E-state index contributed by atoms with van der Waals surface area (Å²) in [5, 5.41) is 12.3.